The van der Waals surface area contributed by atoms with Crippen molar-refractivity contribution in [2.75, 3.05) is 0 Å². The van der Waals surface area contributed by atoms with Gasteiger partial charge < -0.3 is 4.74 Å². The molecule has 0 fully saturated rings. The molecule has 0 aromatic heterocycles. The van der Waals surface area contributed by atoms with E-state index >= 15 is 0 Å². The second-order valence-corrected chi connectivity index (χ2v) is 10.1. The van der Waals surface area contributed by atoms with Crippen LogP contribution in [-0.4, -0.2) is 31.1 Å². The lowest BCUT2D eigenvalue weighted by atomic mass is 9.94. The summed E-state index contributed by atoms with van der Waals surface area (Å²) in [6.45, 7) is 7.30. The number of carbonyl (C=O) groups is 1. The molecular formula is C23H28N2O4S. The number of benzene rings is 2. The van der Waals surface area contributed by atoms with Crippen LogP contribution in [0, 0.1) is 6.92 Å². The topological polar surface area (TPSA) is 75.7 Å². The van der Waals surface area contributed by atoms with Crippen LogP contribution < -0.4 is 4.72 Å². The van der Waals surface area contributed by atoms with Gasteiger partial charge in [-0.3, -0.25) is 4.90 Å². The molecule has 2 aromatic carbocycles. The first-order chi connectivity index (χ1) is 14.1. The highest BCUT2D eigenvalue weighted by Gasteiger charge is 2.37. The van der Waals surface area contributed by atoms with Gasteiger partial charge in [0.25, 0.3) is 0 Å². The Morgan fingerprint density at radius 1 is 1.07 bits per heavy atom. The molecule has 1 aliphatic heterocycles. The molecule has 1 N–H and O–H groups in total. The molecule has 1 aliphatic rings. The SMILES string of the molecule is Cc1ccc(S(=O)(=O)N[C@H]2CC=CN(C(=O)OC(C)(C)C)[C@H]2c2ccccc2)cc1. The number of amides is 1. The fourth-order valence-electron chi connectivity index (χ4n) is 3.37. The minimum atomic E-state index is -3.76. The third-order valence-corrected chi connectivity index (χ3v) is 6.23. The largest absolute Gasteiger partial charge is 0.443 e. The summed E-state index contributed by atoms with van der Waals surface area (Å²) in [4.78, 5) is 14.5. The van der Waals surface area contributed by atoms with Crippen LogP contribution >= 0.6 is 0 Å². The maximum atomic E-state index is 13.0. The number of nitrogens with zero attached hydrogens (tertiary/aromatic N) is 1. The Bertz CT molecular complexity index is 1010. The zero-order chi connectivity index (χ0) is 21.9. The fourth-order valence-corrected chi connectivity index (χ4v) is 4.62. The highest BCUT2D eigenvalue weighted by molar-refractivity contribution is 7.89. The van der Waals surface area contributed by atoms with Crippen molar-refractivity contribution in [3.05, 3.63) is 78.0 Å². The summed E-state index contributed by atoms with van der Waals surface area (Å²) in [7, 11) is -3.76. The quantitative estimate of drug-likeness (QED) is 0.776. The van der Waals surface area contributed by atoms with Gasteiger partial charge in [0.15, 0.2) is 0 Å². The smallest absolute Gasteiger partial charge is 0.414 e. The van der Waals surface area contributed by atoms with Crippen molar-refractivity contribution in [3.63, 3.8) is 0 Å². The van der Waals surface area contributed by atoms with Crippen molar-refractivity contribution in [3.8, 4) is 0 Å². The summed E-state index contributed by atoms with van der Waals surface area (Å²) in [5.74, 6) is 0. The molecule has 1 heterocycles. The first-order valence-electron chi connectivity index (χ1n) is 9.89. The van der Waals surface area contributed by atoms with Crippen LogP contribution in [0.25, 0.3) is 0 Å². The van der Waals surface area contributed by atoms with Gasteiger partial charge in [-0.25, -0.2) is 17.9 Å². The zero-order valence-electron chi connectivity index (χ0n) is 17.7. The molecule has 30 heavy (non-hydrogen) atoms. The number of hydrogen-bond acceptors (Lipinski definition) is 4. The van der Waals surface area contributed by atoms with Crippen LogP contribution in [0.5, 0.6) is 0 Å². The Hall–Kier alpha value is -2.64. The minimum Gasteiger partial charge on any atom is -0.443 e. The first kappa shape index (κ1) is 22.1. The summed E-state index contributed by atoms with van der Waals surface area (Å²) in [6, 6.07) is 15.0. The van der Waals surface area contributed by atoms with E-state index in [1.165, 1.54) is 4.90 Å². The van der Waals surface area contributed by atoms with Crippen LogP contribution in [0.4, 0.5) is 4.79 Å². The van der Waals surface area contributed by atoms with Crippen molar-refractivity contribution >= 4 is 16.1 Å². The third kappa shape index (κ3) is 5.29. The Kier molecular flexibility index (Phi) is 6.33. The van der Waals surface area contributed by atoms with E-state index in [2.05, 4.69) is 4.72 Å². The van der Waals surface area contributed by atoms with E-state index in [-0.39, 0.29) is 4.90 Å². The number of aryl methyl sites for hydroxylation is 1. The molecule has 7 heteroatoms. The third-order valence-electron chi connectivity index (χ3n) is 4.72. The van der Waals surface area contributed by atoms with Crippen molar-refractivity contribution < 1.29 is 17.9 Å². The Labute approximate surface area is 178 Å². The molecule has 0 aliphatic carbocycles. The molecule has 1 amide bonds. The average molecular weight is 429 g/mol. The van der Waals surface area contributed by atoms with Gasteiger partial charge in [-0.1, -0.05) is 54.1 Å². The van der Waals surface area contributed by atoms with Gasteiger partial charge in [0.2, 0.25) is 10.0 Å². The summed E-state index contributed by atoms with van der Waals surface area (Å²) < 4.78 is 34.4. The van der Waals surface area contributed by atoms with E-state index in [9.17, 15) is 13.2 Å². The van der Waals surface area contributed by atoms with Crippen molar-refractivity contribution in [1.82, 2.24) is 9.62 Å². The lowest BCUT2D eigenvalue weighted by Crippen LogP contribution is -2.49. The molecule has 3 rings (SSSR count). The first-order valence-corrected chi connectivity index (χ1v) is 11.4. The number of nitrogens with one attached hydrogen (secondary N) is 1. The highest BCUT2D eigenvalue weighted by Crippen LogP contribution is 2.32. The Morgan fingerprint density at radius 3 is 2.30 bits per heavy atom. The van der Waals surface area contributed by atoms with Crippen LogP contribution in [0.1, 0.15) is 44.4 Å². The van der Waals surface area contributed by atoms with Gasteiger partial charge in [-0.2, -0.15) is 0 Å². The van der Waals surface area contributed by atoms with Gasteiger partial charge in [0.05, 0.1) is 17.0 Å². The van der Waals surface area contributed by atoms with E-state index in [0.29, 0.717) is 6.42 Å². The monoisotopic (exact) mass is 428 g/mol. The number of carbonyl (C=O) groups excluding carboxylic acids is 1. The molecule has 0 saturated heterocycles. The molecule has 160 valence electrons. The van der Waals surface area contributed by atoms with E-state index in [0.717, 1.165) is 11.1 Å². The summed E-state index contributed by atoms with van der Waals surface area (Å²) in [5, 5.41) is 0. The van der Waals surface area contributed by atoms with Gasteiger partial charge in [-0.15, -0.1) is 0 Å². The normalized spacial score (nSPS) is 19.5. The average Bonchev–Trinajstić information content (AvgIpc) is 2.67. The maximum absolute atomic E-state index is 13.0. The van der Waals surface area contributed by atoms with Gasteiger partial charge >= 0.3 is 6.09 Å². The van der Waals surface area contributed by atoms with Crippen molar-refractivity contribution in [2.45, 2.75) is 56.7 Å². The lowest BCUT2D eigenvalue weighted by Gasteiger charge is -2.38. The van der Waals surface area contributed by atoms with E-state index < -0.39 is 33.8 Å². The Morgan fingerprint density at radius 2 is 1.70 bits per heavy atom. The molecule has 6 nitrogen and oxygen atoms in total. The highest BCUT2D eigenvalue weighted by atomic mass is 32.2. The minimum absolute atomic E-state index is 0.193. The number of hydrogen-bond donors (Lipinski definition) is 1. The summed E-state index contributed by atoms with van der Waals surface area (Å²) in [6.07, 6.45) is 3.38. The molecular weight excluding hydrogens is 400 g/mol. The summed E-state index contributed by atoms with van der Waals surface area (Å²) in [5.41, 5.74) is 1.14. The van der Waals surface area contributed by atoms with Crippen LogP contribution in [0.3, 0.4) is 0 Å². The van der Waals surface area contributed by atoms with Crippen LogP contribution in [-0.2, 0) is 14.8 Å². The molecule has 0 radical (unpaired) electrons. The van der Waals surface area contributed by atoms with Gasteiger partial charge in [0, 0.05) is 6.20 Å². The number of rotatable bonds is 4. The van der Waals surface area contributed by atoms with E-state index in [1.807, 2.05) is 37.3 Å². The second kappa shape index (κ2) is 8.62. The molecule has 2 aromatic rings. The van der Waals surface area contributed by atoms with Crippen LogP contribution in [0.2, 0.25) is 0 Å². The lowest BCUT2D eigenvalue weighted by molar-refractivity contribution is 0.0226. The molecule has 0 unspecified atom stereocenters. The van der Waals surface area contributed by atoms with Crippen molar-refractivity contribution in [1.29, 1.82) is 0 Å². The van der Waals surface area contributed by atoms with E-state index in [4.69, 9.17) is 4.74 Å². The molecule has 2 atom stereocenters. The standard InChI is InChI=1S/C23H28N2O4S/c1-17-12-14-19(15-13-17)30(27,28)24-20-11-8-16-25(22(26)29-23(2,3)4)21(20)18-9-6-5-7-10-18/h5-10,12-16,20-21,24H,11H2,1-4H3/t20-,21-/m0/s1. The Balaban J connectivity index is 1.95. The van der Waals surface area contributed by atoms with Crippen molar-refractivity contribution in [2.24, 2.45) is 0 Å². The van der Waals surface area contributed by atoms with Gasteiger partial charge in [0.1, 0.15) is 5.60 Å². The predicted octanol–water partition coefficient (Wildman–Crippen LogP) is 4.54. The zero-order valence-corrected chi connectivity index (χ0v) is 18.5. The fraction of sp³-hybridized carbons (Fsp3) is 0.348. The molecule has 0 saturated carbocycles. The second-order valence-electron chi connectivity index (χ2n) is 8.40. The molecule has 0 spiro atoms. The summed E-state index contributed by atoms with van der Waals surface area (Å²) >= 11 is 0. The molecule has 0 bridgehead atoms. The number of sulfonamides is 1. The predicted molar refractivity (Wildman–Crippen MR) is 116 cm³/mol. The number of ether oxygens (including phenoxy) is 1. The van der Waals surface area contributed by atoms with E-state index in [1.54, 1.807) is 57.3 Å². The maximum Gasteiger partial charge on any atom is 0.414 e. The van der Waals surface area contributed by atoms with Gasteiger partial charge in [-0.05, 0) is 51.8 Å². The van der Waals surface area contributed by atoms with Crippen LogP contribution in [0.15, 0.2) is 71.8 Å².